The third-order valence-electron chi connectivity index (χ3n) is 3.33. The molecule has 1 aliphatic rings. The third kappa shape index (κ3) is 2.30. The van der Waals surface area contributed by atoms with Gasteiger partial charge in [0.05, 0.1) is 12.6 Å². The molecular formula is C15H14ClN3O. The van der Waals surface area contributed by atoms with Crippen LogP contribution in [0.3, 0.4) is 0 Å². The molecule has 3 rings (SSSR count). The van der Waals surface area contributed by atoms with Gasteiger partial charge in [-0.05, 0) is 35.9 Å². The smallest absolute Gasteiger partial charge is 0.196 e. The number of aliphatic imine (C=N–C) groups is 1. The lowest BCUT2D eigenvalue weighted by molar-refractivity contribution is 0.474. The van der Waals surface area contributed by atoms with Crippen molar-refractivity contribution in [3.05, 3.63) is 59.1 Å². The van der Waals surface area contributed by atoms with Crippen molar-refractivity contribution < 1.29 is 5.11 Å². The number of hydrogen-bond acceptors (Lipinski definition) is 4. The maximum absolute atomic E-state index is 9.63. The molecule has 5 heteroatoms. The molecule has 4 nitrogen and oxygen atoms in total. The highest BCUT2D eigenvalue weighted by Gasteiger charge is 2.29. The van der Waals surface area contributed by atoms with E-state index >= 15 is 0 Å². The van der Waals surface area contributed by atoms with Gasteiger partial charge < -0.3 is 15.7 Å². The summed E-state index contributed by atoms with van der Waals surface area (Å²) in [5.74, 6) is 0.694. The molecule has 0 bridgehead atoms. The van der Waals surface area contributed by atoms with Crippen LogP contribution in [0.2, 0.25) is 5.02 Å². The van der Waals surface area contributed by atoms with Gasteiger partial charge in [0.25, 0.3) is 0 Å². The maximum atomic E-state index is 9.63. The second-order valence-corrected chi connectivity index (χ2v) is 5.10. The Morgan fingerprint density at radius 2 is 2.00 bits per heavy atom. The van der Waals surface area contributed by atoms with E-state index in [1.165, 1.54) is 0 Å². The molecule has 1 unspecified atom stereocenters. The number of nitrogens with zero attached hydrogens (tertiary/aromatic N) is 2. The number of anilines is 1. The highest BCUT2D eigenvalue weighted by atomic mass is 35.5. The minimum absolute atomic E-state index is 0.0273. The monoisotopic (exact) mass is 287 g/mol. The normalized spacial score (nSPS) is 18.1. The largest absolute Gasteiger partial charge is 0.508 e. The van der Waals surface area contributed by atoms with Gasteiger partial charge in [0.2, 0.25) is 0 Å². The lowest BCUT2D eigenvalue weighted by Crippen LogP contribution is -2.36. The summed E-state index contributed by atoms with van der Waals surface area (Å²) in [6.07, 6.45) is 0. The van der Waals surface area contributed by atoms with E-state index in [2.05, 4.69) is 4.99 Å². The lowest BCUT2D eigenvalue weighted by Gasteiger charge is -2.26. The quantitative estimate of drug-likeness (QED) is 0.893. The average molecular weight is 288 g/mol. The second-order valence-electron chi connectivity index (χ2n) is 4.66. The molecule has 2 aromatic rings. The van der Waals surface area contributed by atoms with Crippen molar-refractivity contribution >= 4 is 23.2 Å². The Bertz CT molecular complexity index is 672. The van der Waals surface area contributed by atoms with Crippen LogP contribution in [0.15, 0.2) is 53.5 Å². The van der Waals surface area contributed by atoms with Crippen molar-refractivity contribution in [2.75, 3.05) is 11.4 Å². The molecule has 0 aliphatic carbocycles. The van der Waals surface area contributed by atoms with Crippen LogP contribution >= 0.6 is 11.6 Å². The molecule has 0 spiro atoms. The van der Waals surface area contributed by atoms with Crippen LogP contribution in [0, 0.1) is 0 Å². The zero-order valence-electron chi connectivity index (χ0n) is 10.7. The van der Waals surface area contributed by atoms with Crippen LogP contribution in [0.4, 0.5) is 5.69 Å². The fourth-order valence-corrected chi connectivity index (χ4v) is 2.61. The van der Waals surface area contributed by atoms with E-state index in [0.717, 1.165) is 11.3 Å². The molecule has 2 aromatic carbocycles. The standard InChI is InChI=1S/C15H14ClN3O/c16-11-4-2-5-12(8-11)19-14(9-18-15(19)17)10-3-1-6-13(20)7-10/h1-8,14,20H,9H2,(H2,17,18). The van der Waals surface area contributed by atoms with Crippen LogP contribution in [-0.2, 0) is 0 Å². The van der Waals surface area contributed by atoms with Gasteiger partial charge in [0.15, 0.2) is 5.96 Å². The van der Waals surface area contributed by atoms with Crippen LogP contribution in [-0.4, -0.2) is 17.6 Å². The number of rotatable bonds is 2. The number of benzene rings is 2. The fraction of sp³-hybridized carbons (Fsp3) is 0.133. The first kappa shape index (κ1) is 12.8. The van der Waals surface area contributed by atoms with Crippen molar-refractivity contribution in [3.8, 4) is 5.75 Å². The van der Waals surface area contributed by atoms with E-state index in [1.807, 2.05) is 41.3 Å². The summed E-state index contributed by atoms with van der Waals surface area (Å²) in [6, 6.07) is 14.6. The first-order valence-corrected chi connectivity index (χ1v) is 6.66. The van der Waals surface area contributed by atoms with Crippen LogP contribution in [0.5, 0.6) is 5.75 Å². The first-order valence-electron chi connectivity index (χ1n) is 6.29. The van der Waals surface area contributed by atoms with Gasteiger partial charge in [-0.1, -0.05) is 29.8 Å². The Kier molecular flexibility index (Phi) is 3.24. The molecule has 1 atom stereocenters. The van der Waals surface area contributed by atoms with Crippen molar-refractivity contribution in [3.63, 3.8) is 0 Å². The Morgan fingerprint density at radius 3 is 2.75 bits per heavy atom. The van der Waals surface area contributed by atoms with Crippen LogP contribution in [0.1, 0.15) is 11.6 Å². The number of nitrogens with two attached hydrogens (primary N) is 1. The lowest BCUT2D eigenvalue weighted by atomic mass is 10.1. The van der Waals surface area contributed by atoms with Gasteiger partial charge in [0.1, 0.15) is 5.75 Å². The maximum Gasteiger partial charge on any atom is 0.196 e. The molecule has 102 valence electrons. The summed E-state index contributed by atoms with van der Waals surface area (Å²) in [5, 5.41) is 10.3. The summed E-state index contributed by atoms with van der Waals surface area (Å²) in [5.41, 5.74) is 7.86. The zero-order valence-corrected chi connectivity index (χ0v) is 11.5. The van der Waals surface area contributed by atoms with Gasteiger partial charge in [-0.15, -0.1) is 0 Å². The Balaban J connectivity index is 2.00. The second kappa shape index (κ2) is 5.06. The van der Waals surface area contributed by atoms with Crippen molar-refractivity contribution in [2.45, 2.75) is 6.04 Å². The Morgan fingerprint density at radius 1 is 1.20 bits per heavy atom. The van der Waals surface area contributed by atoms with Gasteiger partial charge in [-0.3, -0.25) is 4.99 Å². The summed E-state index contributed by atoms with van der Waals surface area (Å²) in [6.45, 7) is 0.557. The van der Waals surface area contributed by atoms with Crippen molar-refractivity contribution in [1.29, 1.82) is 0 Å². The van der Waals surface area contributed by atoms with Gasteiger partial charge >= 0.3 is 0 Å². The van der Waals surface area contributed by atoms with Gasteiger partial charge in [-0.2, -0.15) is 0 Å². The van der Waals surface area contributed by atoms with Gasteiger partial charge in [0, 0.05) is 10.7 Å². The molecule has 0 fully saturated rings. The minimum atomic E-state index is -0.0273. The van der Waals surface area contributed by atoms with E-state index in [9.17, 15) is 5.11 Å². The average Bonchev–Trinajstić information content (AvgIpc) is 2.80. The van der Waals surface area contributed by atoms with E-state index in [1.54, 1.807) is 12.1 Å². The number of phenolic OH excluding ortho intramolecular Hbond substituents is 1. The van der Waals surface area contributed by atoms with Crippen molar-refractivity contribution in [1.82, 2.24) is 0 Å². The Labute approximate surface area is 122 Å². The highest BCUT2D eigenvalue weighted by molar-refractivity contribution is 6.30. The molecule has 3 N–H and O–H groups in total. The minimum Gasteiger partial charge on any atom is -0.508 e. The first-order chi connectivity index (χ1) is 9.65. The SMILES string of the molecule is NC1=NCC(c2cccc(O)c2)N1c1cccc(Cl)c1. The van der Waals surface area contributed by atoms with Crippen LogP contribution in [0.25, 0.3) is 0 Å². The summed E-state index contributed by atoms with van der Waals surface area (Å²) in [4.78, 5) is 6.24. The van der Waals surface area contributed by atoms with E-state index in [-0.39, 0.29) is 11.8 Å². The van der Waals surface area contributed by atoms with Crippen molar-refractivity contribution in [2.24, 2.45) is 10.7 Å². The Hall–Kier alpha value is -2.20. The molecule has 1 heterocycles. The predicted molar refractivity (Wildman–Crippen MR) is 81.3 cm³/mol. The summed E-state index contributed by atoms with van der Waals surface area (Å²) < 4.78 is 0. The number of halogens is 1. The highest BCUT2D eigenvalue weighted by Crippen LogP contribution is 2.33. The predicted octanol–water partition coefficient (Wildman–Crippen LogP) is 2.92. The molecular weight excluding hydrogens is 274 g/mol. The fourth-order valence-electron chi connectivity index (χ4n) is 2.42. The number of aromatic hydroxyl groups is 1. The summed E-state index contributed by atoms with van der Waals surface area (Å²) in [7, 11) is 0. The summed E-state index contributed by atoms with van der Waals surface area (Å²) >= 11 is 6.04. The van der Waals surface area contributed by atoms with E-state index < -0.39 is 0 Å². The molecule has 0 saturated carbocycles. The van der Waals surface area contributed by atoms with Gasteiger partial charge in [-0.25, -0.2) is 0 Å². The molecule has 20 heavy (non-hydrogen) atoms. The van der Waals surface area contributed by atoms with Crippen LogP contribution < -0.4 is 10.6 Å². The van der Waals surface area contributed by atoms with E-state index in [4.69, 9.17) is 17.3 Å². The molecule has 0 saturated heterocycles. The number of guanidine groups is 1. The number of hydrogen-bond donors (Lipinski definition) is 2. The molecule has 1 aliphatic heterocycles. The molecule has 0 radical (unpaired) electrons. The number of phenols is 1. The zero-order chi connectivity index (χ0) is 14.1. The topological polar surface area (TPSA) is 61.9 Å². The third-order valence-corrected chi connectivity index (χ3v) is 3.56. The molecule has 0 amide bonds. The molecule has 0 aromatic heterocycles. The van der Waals surface area contributed by atoms with E-state index in [0.29, 0.717) is 17.5 Å².